The third kappa shape index (κ3) is 5.95. The van der Waals surface area contributed by atoms with E-state index in [0.717, 1.165) is 25.3 Å². The molecular formula is C23H37N5O. The molecule has 2 atom stereocenters. The molecule has 2 aliphatic heterocycles. The summed E-state index contributed by atoms with van der Waals surface area (Å²) in [5, 5.41) is 9.91. The number of benzene rings is 1. The molecule has 160 valence electrons. The number of amides is 1. The predicted molar refractivity (Wildman–Crippen MR) is 119 cm³/mol. The van der Waals surface area contributed by atoms with E-state index in [1.165, 1.54) is 18.4 Å². The van der Waals surface area contributed by atoms with Gasteiger partial charge in [0.2, 0.25) is 5.91 Å². The minimum atomic E-state index is -0.354. The molecule has 0 spiro atoms. The number of nitrogens with zero attached hydrogens (tertiary/aromatic N) is 2. The van der Waals surface area contributed by atoms with Crippen LogP contribution in [0.15, 0.2) is 35.3 Å². The van der Waals surface area contributed by atoms with Crippen molar-refractivity contribution in [2.24, 2.45) is 10.4 Å². The van der Waals surface area contributed by atoms with Crippen LogP contribution < -0.4 is 16.0 Å². The first kappa shape index (κ1) is 21.6. The van der Waals surface area contributed by atoms with Crippen LogP contribution in [0.5, 0.6) is 0 Å². The molecule has 1 aromatic carbocycles. The molecule has 2 heterocycles. The normalized spacial score (nSPS) is 25.0. The Morgan fingerprint density at radius 3 is 2.28 bits per heavy atom. The molecule has 0 aliphatic carbocycles. The maximum atomic E-state index is 11.9. The van der Waals surface area contributed by atoms with Gasteiger partial charge in [-0.05, 0) is 31.2 Å². The minimum absolute atomic E-state index is 0.0737. The van der Waals surface area contributed by atoms with Crippen molar-refractivity contribution >= 4 is 11.9 Å². The fraction of sp³-hybridized carbons (Fsp3) is 0.652. The highest BCUT2D eigenvalue weighted by molar-refractivity contribution is 5.82. The Kier molecular flexibility index (Phi) is 7.17. The summed E-state index contributed by atoms with van der Waals surface area (Å²) < 4.78 is 0. The number of hydrogen-bond donors (Lipinski definition) is 3. The molecule has 2 saturated heterocycles. The maximum absolute atomic E-state index is 11.9. The molecule has 0 radical (unpaired) electrons. The van der Waals surface area contributed by atoms with E-state index >= 15 is 0 Å². The fourth-order valence-corrected chi connectivity index (χ4v) is 4.45. The van der Waals surface area contributed by atoms with E-state index in [9.17, 15) is 4.79 Å². The van der Waals surface area contributed by atoms with Crippen molar-refractivity contribution in [3.8, 4) is 0 Å². The smallest absolute Gasteiger partial charge is 0.225 e. The molecule has 2 aliphatic rings. The summed E-state index contributed by atoms with van der Waals surface area (Å²) in [4.78, 5) is 19.0. The zero-order valence-corrected chi connectivity index (χ0v) is 18.4. The van der Waals surface area contributed by atoms with E-state index in [4.69, 9.17) is 0 Å². The summed E-state index contributed by atoms with van der Waals surface area (Å²) in [5.41, 5.74) is 1.05. The maximum Gasteiger partial charge on any atom is 0.225 e. The molecule has 0 saturated carbocycles. The van der Waals surface area contributed by atoms with Crippen LogP contribution in [-0.2, 0) is 11.3 Å². The van der Waals surface area contributed by atoms with Crippen LogP contribution in [0.3, 0.4) is 0 Å². The van der Waals surface area contributed by atoms with E-state index in [2.05, 4.69) is 56.2 Å². The SMILES string of the molecule is CN=C(NCCNC(=O)C(C)(C)C)NC1CC2CCC(C1)N2Cc1ccccc1. The lowest BCUT2D eigenvalue weighted by Gasteiger charge is -2.39. The Morgan fingerprint density at radius 1 is 1.07 bits per heavy atom. The Morgan fingerprint density at radius 2 is 1.69 bits per heavy atom. The Labute approximate surface area is 175 Å². The molecule has 1 amide bonds. The van der Waals surface area contributed by atoms with Crippen LogP contribution in [0.1, 0.15) is 52.0 Å². The van der Waals surface area contributed by atoms with Crippen molar-refractivity contribution in [2.75, 3.05) is 20.1 Å². The van der Waals surface area contributed by atoms with Gasteiger partial charge in [-0.3, -0.25) is 14.7 Å². The summed E-state index contributed by atoms with van der Waals surface area (Å²) >= 11 is 0. The summed E-state index contributed by atoms with van der Waals surface area (Å²) in [7, 11) is 1.81. The van der Waals surface area contributed by atoms with E-state index in [-0.39, 0.29) is 11.3 Å². The number of nitrogens with one attached hydrogen (secondary N) is 3. The molecular weight excluding hydrogens is 362 g/mol. The lowest BCUT2D eigenvalue weighted by Crippen LogP contribution is -2.53. The molecule has 6 heteroatoms. The number of guanidine groups is 1. The van der Waals surface area contributed by atoms with Crippen molar-refractivity contribution in [3.05, 3.63) is 35.9 Å². The molecule has 0 aromatic heterocycles. The van der Waals surface area contributed by atoms with Crippen molar-refractivity contribution in [1.29, 1.82) is 0 Å². The van der Waals surface area contributed by atoms with Crippen LogP contribution in [0, 0.1) is 5.41 Å². The van der Waals surface area contributed by atoms with E-state index < -0.39 is 0 Å². The van der Waals surface area contributed by atoms with E-state index in [0.29, 0.717) is 31.2 Å². The molecule has 2 unspecified atom stereocenters. The highest BCUT2D eigenvalue weighted by Gasteiger charge is 2.40. The van der Waals surface area contributed by atoms with Crippen molar-refractivity contribution in [3.63, 3.8) is 0 Å². The van der Waals surface area contributed by atoms with Gasteiger partial charge in [-0.15, -0.1) is 0 Å². The molecule has 3 rings (SSSR count). The first-order valence-corrected chi connectivity index (χ1v) is 10.9. The van der Waals surface area contributed by atoms with Gasteiger partial charge in [-0.2, -0.15) is 0 Å². The number of aliphatic imine (C=N–C) groups is 1. The van der Waals surface area contributed by atoms with Gasteiger partial charge in [-0.1, -0.05) is 51.1 Å². The van der Waals surface area contributed by atoms with Gasteiger partial charge >= 0.3 is 0 Å². The topological polar surface area (TPSA) is 68.8 Å². The summed E-state index contributed by atoms with van der Waals surface area (Å²) in [6, 6.07) is 12.6. The largest absolute Gasteiger partial charge is 0.355 e. The van der Waals surface area contributed by atoms with Gasteiger partial charge in [0.1, 0.15) is 0 Å². The lowest BCUT2D eigenvalue weighted by atomic mass is 9.96. The number of rotatable bonds is 6. The number of carbonyl (C=O) groups excluding carboxylic acids is 1. The summed E-state index contributed by atoms with van der Waals surface area (Å²) in [6.45, 7) is 8.10. The predicted octanol–water partition coefficient (Wildman–Crippen LogP) is 2.51. The zero-order chi connectivity index (χ0) is 20.9. The van der Waals surface area contributed by atoms with Crippen LogP contribution in [-0.4, -0.2) is 55.0 Å². The number of piperidine rings is 1. The van der Waals surface area contributed by atoms with Gasteiger partial charge in [0.15, 0.2) is 5.96 Å². The Bertz CT molecular complexity index is 683. The molecule has 1 aromatic rings. The van der Waals surface area contributed by atoms with Crippen LogP contribution in [0.2, 0.25) is 0 Å². The van der Waals surface area contributed by atoms with Crippen LogP contribution >= 0.6 is 0 Å². The quantitative estimate of drug-likeness (QED) is 0.391. The van der Waals surface area contributed by atoms with Gasteiger partial charge < -0.3 is 16.0 Å². The molecule has 2 bridgehead atoms. The number of hydrogen-bond acceptors (Lipinski definition) is 3. The van der Waals surface area contributed by atoms with E-state index in [1.807, 2.05) is 27.8 Å². The molecule has 6 nitrogen and oxygen atoms in total. The van der Waals surface area contributed by atoms with Crippen LogP contribution in [0.25, 0.3) is 0 Å². The fourth-order valence-electron chi connectivity index (χ4n) is 4.45. The second kappa shape index (κ2) is 9.61. The highest BCUT2D eigenvalue weighted by Crippen LogP contribution is 2.36. The average Bonchev–Trinajstić information content (AvgIpc) is 2.92. The molecule has 3 N–H and O–H groups in total. The molecule has 29 heavy (non-hydrogen) atoms. The number of carbonyl (C=O) groups is 1. The Hall–Kier alpha value is -2.08. The Balaban J connectivity index is 1.43. The third-order valence-corrected chi connectivity index (χ3v) is 6.04. The highest BCUT2D eigenvalue weighted by atomic mass is 16.2. The van der Waals surface area contributed by atoms with Crippen LogP contribution in [0.4, 0.5) is 0 Å². The molecule has 2 fully saturated rings. The monoisotopic (exact) mass is 399 g/mol. The second-order valence-electron chi connectivity index (χ2n) is 9.36. The standard InChI is InChI=1S/C23H37N5O/c1-23(2,3)21(29)25-12-13-26-22(24-4)27-18-14-19-10-11-20(15-18)28(19)16-17-8-6-5-7-9-17/h5-9,18-20H,10-16H2,1-4H3,(H,25,29)(H2,24,26,27). The number of fused-ring (bicyclic) bond motifs is 2. The minimum Gasteiger partial charge on any atom is -0.355 e. The summed E-state index contributed by atoms with van der Waals surface area (Å²) in [5.74, 6) is 0.903. The second-order valence-corrected chi connectivity index (χ2v) is 9.36. The first-order chi connectivity index (χ1) is 13.9. The third-order valence-electron chi connectivity index (χ3n) is 6.04. The van der Waals surface area contributed by atoms with Crippen molar-refractivity contribution < 1.29 is 4.79 Å². The lowest BCUT2D eigenvalue weighted by molar-refractivity contribution is -0.128. The van der Waals surface area contributed by atoms with Crippen molar-refractivity contribution in [1.82, 2.24) is 20.9 Å². The zero-order valence-electron chi connectivity index (χ0n) is 18.4. The first-order valence-electron chi connectivity index (χ1n) is 10.9. The van der Waals surface area contributed by atoms with Crippen molar-refractivity contribution in [2.45, 2.75) is 71.1 Å². The van der Waals surface area contributed by atoms with Gasteiger partial charge in [0.05, 0.1) is 0 Å². The van der Waals surface area contributed by atoms with E-state index in [1.54, 1.807) is 0 Å². The average molecular weight is 400 g/mol. The van der Waals surface area contributed by atoms with Gasteiger partial charge in [0, 0.05) is 50.2 Å². The van der Waals surface area contributed by atoms with Gasteiger partial charge in [-0.25, -0.2) is 0 Å². The summed E-state index contributed by atoms with van der Waals surface area (Å²) in [6.07, 6.45) is 4.90. The van der Waals surface area contributed by atoms with Gasteiger partial charge in [0.25, 0.3) is 0 Å².